The van der Waals surface area contributed by atoms with Gasteiger partial charge in [-0.1, -0.05) is 13.3 Å². The zero-order chi connectivity index (χ0) is 15.6. The minimum absolute atomic E-state index is 0.0565. The number of carbonyl (C=O) groups is 1. The van der Waals surface area contributed by atoms with E-state index in [-0.39, 0.29) is 11.3 Å². The fourth-order valence-corrected chi connectivity index (χ4v) is 4.15. The van der Waals surface area contributed by atoms with Crippen LogP contribution in [0, 0.1) is 6.92 Å². The molecule has 2 N–H and O–H groups in total. The zero-order valence-corrected chi connectivity index (χ0v) is 13.3. The number of thiazole rings is 1. The number of carboxylic acid groups (broad SMARTS) is 1. The molecule has 1 unspecified atom stereocenters. The highest BCUT2D eigenvalue weighted by Crippen LogP contribution is 2.24. The Morgan fingerprint density at radius 1 is 1.48 bits per heavy atom. The van der Waals surface area contributed by atoms with Crippen molar-refractivity contribution < 1.29 is 18.3 Å². The van der Waals surface area contributed by atoms with E-state index in [2.05, 4.69) is 9.71 Å². The standard InChI is InChI=1S/C13H16N2O4S2/c1-3-4-11(13(16)17)15-21(18,19)9-5-6-10-12(7-9)20-8(2)14-10/h5-7,11,15H,3-4H2,1-2H3,(H,16,17). The highest BCUT2D eigenvalue weighted by molar-refractivity contribution is 7.89. The van der Waals surface area contributed by atoms with Crippen LogP contribution in [0.2, 0.25) is 0 Å². The molecule has 8 heteroatoms. The minimum Gasteiger partial charge on any atom is -0.480 e. The Labute approximate surface area is 126 Å². The van der Waals surface area contributed by atoms with Gasteiger partial charge in [0.1, 0.15) is 6.04 Å². The Hall–Kier alpha value is -1.51. The Balaban J connectivity index is 2.34. The number of fused-ring (bicyclic) bond motifs is 1. The van der Waals surface area contributed by atoms with Gasteiger partial charge in [0, 0.05) is 0 Å². The van der Waals surface area contributed by atoms with Crippen LogP contribution in [0.4, 0.5) is 0 Å². The summed E-state index contributed by atoms with van der Waals surface area (Å²) in [6.45, 7) is 3.65. The topological polar surface area (TPSA) is 96.4 Å². The first-order valence-electron chi connectivity index (χ1n) is 6.46. The summed E-state index contributed by atoms with van der Waals surface area (Å²) in [6.07, 6.45) is 0.822. The maximum absolute atomic E-state index is 12.3. The first-order valence-corrected chi connectivity index (χ1v) is 8.76. The molecule has 114 valence electrons. The van der Waals surface area contributed by atoms with Gasteiger partial charge in [-0.15, -0.1) is 11.3 Å². The smallest absolute Gasteiger partial charge is 0.321 e. The van der Waals surface area contributed by atoms with E-state index in [1.165, 1.54) is 23.5 Å². The van der Waals surface area contributed by atoms with Gasteiger partial charge in [-0.05, 0) is 31.5 Å². The number of rotatable bonds is 6. The van der Waals surface area contributed by atoms with Crippen LogP contribution in [0.25, 0.3) is 10.2 Å². The molecule has 0 aliphatic rings. The van der Waals surface area contributed by atoms with Gasteiger partial charge in [0.2, 0.25) is 10.0 Å². The molecule has 2 rings (SSSR count). The van der Waals surface area contributed by atoms with E-state index in [0.29, 0.717) is 6.42 Å². The van der Waals surface area contributed by atoms with E-state index in [1.807, 2.05) is 6.92 Å². The summed E-state index contributed by atoms with van der Waals surface area (Å²) >= 11 is 1.40. The molecular weight excluding hydrogens is 312 g/mol. The summed E-state index contributed by atoms with van der Waals surface area (Å²) in [4.78, 5) is 15.4. The van der Waals surface area contributed by atoms with Gasteiger partial charge in [0.15, 0.2) is 0 Å². The summed E-state index contributed by atoms with van der Waals surface area (Å²) in [6, 6.07) is 3.48. The van der Waals surface area contributed by atoms with Crippen LogP contribution in [0.1, 0.15) is 24.8 Å². The highest BCUT2D eigenvalue weighted by Gasteiger charge is 2.25. The van der Waals surface area contributed by atoms with Crippen molar-refractivity contribution in [1.29, 1.82) is 0 Å². The maximum atomic E-state index is 12.3. The average Bonchev–Trinajstić information content (AvgIpc) is 2.76. The van der Waals surface area contributed by atoms with Crippen LogP contribution in [0.15, 0.2) is 23.1 Å². The third-order valence-electron chi connectivity index (χ3n) is 2.95. The van der Waals surface area contributed by atoms with Crippen molar-refractivity contribution in [2.75, 3.05) is 0 Å². The second kappa shape index (κ2) is 6.08. The third kappa shape index (κ3) is 3.58. The molecule has 6 nitrogen and oxygen atoms in total. The second-order valence-corrected chi connectivity index (χ2v) is 7.61. The van der Waals surface area contributed by atoms with Gasteiger partial charge in [0.25, 0.3) is 0 Å². The quantitative estimate of drug-likeness (QED) is 0.847. The first-order chi connectivity index (χ1) is 9.83. The van der Waals surface area contributed by atoms with Crippen LogP contribution >= 0.6 is 11.3 Å². The van der Waals surface area contributed by atoms with Crippen LogP contribution in [-0.2, 0) is 14.8 Å². The molecule has 0 amide bonds. The van der Waals surface area contributed by atoms with Crippen molar-refractivity contribution in [2.24, 2.45) is 0 Å². The molecule has 0 radical (unpaired) electrons. The Bertz CT molecular complexity index is 768. The number of hydrogen-bond acceptors (Lipinski definition) is 5. The largest absolute Gasteiger partial charge is 0.480 e. The van der Waals surface area contributed by atoms with Gasteiger partial charge in [-0.3, -0.25) is 4.79 Å². The fourth-order valence-electron chi connectivity index (χ4n) is 1.96. The number of carboxylic acids is 1. The Morgan fingerprint density at radius 2 is 2.19 bits per heavy atom. The zero-order valence-electron chi connectivity index (χ0n) is 11.7. The molecule has 0 saturated heterocycles. The molecule has 0 saturated carbocycles. The molecule has 0 fully saturated rings. The van der Waals surface area contributed by atoms with E-state index in [0.717, 1.165) is 15.2 Å². The summed E-state index contributed by atoms with van der Waals surface area (Å²) < 4.78 is 27.6. The molecule has 0 aliphatic heterocycles. The lowest BCUT2D eigenvalue weighted by Crippen LogP contribution is -2.40. The van der Waals surface area contributed by atoms with Gasteiger partial charge in [0.05, 0.1) is 20.1 Å². The van der Waals surface area contributed by atoms with Crippen LogP contribution in [0.3, 0.4) is 0 Å². The first kappa shape index (κ1) is 15.9. The van der Waals surface area contributed by atoms with E-state index < -0.39 is 22.0 Å². The van der Waals surface area contributed by atoms with E-state index >= 15 is 0 Å². The van der Waals surface area contributed by atoms with Crippen molar-refractivity contribution in [3.05, 3.63) is 23.2 Å². The Kier molecular flexibility index (Phi) is 4.60. The van der Waals surface area contributed by atoms with Crippen molar-refractivity contribution >= 4 is 37.5 Å². The molecule has 0 bridgehead atoms. The molecular formula is C13H16N2O4S2. The average molecular weight is 328 g/mol. The van der Waals surface area contributed by atoms with Gasteiger partial charge in [-0.25, -0.2) is 13.4 Å². The monoisotopic (exact) mass is 328 g/mol. The molecule has 1 aromatic carbocycles. The summed E-state index contributed by atoms with van der Waals surface area (Å²) in [5.41, 5.74) is 0.736. The molecule has 1 aromatic heterocycles. The van der Waals surface area contributed by atoms with E-state index in [9.17, 15) is 13.2 Å². The normalized spacial score (nSPS) is 13.4. The minimum atomic E-state index is -3.86. The maximum Gasteiger partial charge on any atom is 0.321 e. The summed E-state index contributed by atoms with van der Waals surface area (Å²) in [5, 5.41) is 9.90. The number of aliphatic carboxylic acids is 1. The molecule has 1 atom stereocenters. The number of hydrogen-bond donors (Lipinski definition) is 2. The second-order valence-electron chi connectivity index (χ2n) is 4.66. The molecule has 1 heterocycles. The van der Waals surface area contributed by atoms with Gasteiger partial charge < -0.3 is 5.11 Å². The van der Waals surface area contributed by atoms with Crippen LogP contribution in [-0.4, -0.2) is 30.5 Å². The number of sulfonamides is 1. The lowest BCUT2D eigenvalue weighted by Gasteiger charge is -2.13. The highest BCUT2D eigenvalue weighted by atomic mass is 32.2. The van der Waals surface area contributed by atoms with Crippen LogP contribution < -0.4 is 4.72 Å². The fraction of sp³-hybridized carbons (Fsp3) is 0.385. The number of aryl methyl sites for hydroxylation is 1. The number of nitrogens with zero attached hydrogens (tertiary/aromatic N) is 1. The van der Waals surface area contributed by atoms with E-state index in [1.54, 1.807) is 13.0 Å². The summed E-state index contributed by atoms with van der Waals surface area (Å²) in [7, 11) is -3.86. The van der Waals surface area contributed by atoms with Crippen molar-refractivity contribution in [3.8, 4) is 0 Å². The third-order valence-corrected chi connectivity index (χ3v) is 5.35. The number of benzene rings is 1. The Morgan fingerprint density at radius 3 is 2.81 bits per heavy atom. The lowest BCUT2D eigenvalue weighted by atomic mass is 10.2. The number of aromatic nitrogens is 1. The lowest BCUT2D eigenvalue weighted by molar-refractivity contribution is -0.139. The van der Waals surface area contributed by atoms with Crippen molar-refractivity contribution in [2.45, 2.75) is 37.6 Å². The number of nitrogens with one attached hydrogen (secondary N) is 1. The van der Waals surface area contributed by atoms with Gasteiger partial charge >= 0.3 is 5.97 Å². The van der Waals surface area contributed by atoms with Gasteiger partial charge in [-0.2, -0.15) is 4.72 Å². The predicted octanol–water partition coefficient (Wildman–Crippen LogP) is 2.14. The summed E-state index contributed by atoms with van der Waals surface area (Å²) in [5.74, 6) is -1.17. The SMILES string of the molecule is CCCC(NS(=O)(=O)c1ccc2nc(C)sc2c1)C(=O)O. The molecule has 21 heavy (non-hydrogen) atoms. The van der Waals surface area contributed by atoms with Crippen molar-refractivity contribution in [1.82, 2.24) is 9.71 Å². The predicted molar refractivity (Wildman–Crippen MR) is 81.0 cm³/mol. The molecule has 2 aromatic rings. The van der Waals surface area contributed by atoms with E-state index in [4.69, 9.17) is 5.11 Å². The molecule has 0 aliphatic carbocycles. The van der Waals surface area contributed by atoms with Crippen molar-refractivity contribution in [3.63, 3.8) is 0 Å². The molecule has 0 spiro atoms. The van der Waals surface area contributed by atoms with Crippen LogP contribution in [0.5, 0.6) is 0 Å².